The van der Waals surface area contributed by atoms with Crippen LogP contribution in [0.25, 0.3) is 6.08 Å². The van der Waals surface area contributed by atoms with Crippen LogP contribution < -0.4 is 10.6 Å². The molecule has 3 aromatic rings. The molecule has 0 heterocycles. The number of unbranched alkanes of at least 4 members (excludes halogenated alkanes) is 1. The van der Waals surface area contributed by atoms with Gasteiger partial charge >= 0.3 is 0 Å². The molecule has 2 N–H and O–H groups in total. The Morgan fingerprint density at radius 3 is 2.21 bits per heavy atom. The summed E-state index contributed by atoms with van der Waals surface area (Å²) in [6.07, 6.45) is 4.92. The van der Waals surface area contributed by atoms with Crippen LogP contribution in [0, 0.1) is 13.8 Å². The van der Waals surface area contributed by atoms with Crippen molar-refractivity contribution in [3.63, 3.8) is 0 Å². The summed E-state index contributed by atoms with van der Waals surface area (Å²) in [5.74, 6) is -0.721. The summed E-state index contributed by atoms with van der Waals surface area (Å²) in [4.78, 5) is 26.1. The van der Waals surface area contributed by atoms with Crippen molar-refractivity contribution in [3.05, 3.63) is 105 Å². The van der Waals surface area contributed by atoms with E-state index in [-0.39, 0.29) is 11.6 Å². The zero-order valence-electron chi connectivity index (χ0n) is 19.2. The number of anilines is 1. The lowest BCUT2D eigenvalue weighted by Crippen LogP contribution is -2.30. The summed E-state index contributed by atoms with van der Waals surface area (Å²) < 4.78 is 0.777. The van der Waals surface area contributed by atoms with Crippen LogP contribution in [0.5, 0.6) is 0 Å². The number of aryl methyl sites for hydroxylation is 3. The normalized spacial score (nSPS) is 11.2. The van der Waals surface area contributed by atoms with Gasteiger partial charge in [-0.15, -0.1) is 0 Å². The van der Waals surface area contributed by atoms with Gasteiger partial charge < -0.3 is 10.6 Å². The number of amides is 2. The number of benzene rings is 3. The van der Waals surface area contributed by atoms with Gasteiger partial charge in [-0.2, -0.15) is 0 Å². The molecule has 0 spiro atoms. The number of hydrogen-bond acceptors (Lipinski definition) is 2. The first-order chi connectivity index (χ1) is 15.9. The molecule has 33 heavy (non-hydrogen) atoms. The van der Waals surface area contributed by atoms with Gasteiger partial charge in [0, 0.05) is 10.0 Å². The van der Waals surface area contributed by atoms with Gasteiger partial charge in [-0.05, 0) is 89.7 Å². The number of carbonyl (C=O) groups excluding carboxylic acids is 2. The SMILES string of the molecule is CCCCc1ccc(C(=O)N/C(=C\c2ccc(C)cc2)C(=O)Nc2ccc(C)cc2Br)cc1. The Morgan fingerprint density at radius 1 is 0.909 bits per heavy atom. The topological polar surface area (TPSA) is 58.2 Å². The largest absolute Gasteiger partial charge is 0.320 e. The minimum Gasteiger partial charge on any atom is -0.320 e. The van der Waals surface area contributed by atoms with E-state index < -0.39 is 5.91 Å². The van der Waals surface area contributed by atoms with Crippen LogP contribution >= 0.6 is 15.9 Å². The van der Waals surface area contributed by atoms with E-state index in [9.17, 15) is 9.59 Å². The van der Waals surface area contributed by atoms with Gasteiger partial charge in [-0.25, -0.2) is 0 Å². The third-order valence-electron chi connectivity index (χ3n) is 5.29. The summed E-state index contributed by atoms with van der Waals surface area (Å²) in [5, 5.41) is 5.69. The molecule has 170 valence electrons. The number of nitrogens with one attached hydrogen (secondary N) is 2. The van der Waals surface area contributed by atoms with Gasteiger partial charge in [0.2, 0.25) is 0 Å². The van der Waals surface area contributed by atoms with Crippen LogP contribution in [0.15, 0.2) is 76.9 Å². The predicted molar refractivity (Wildman–Crippen MR) is 139 cm³/mol. The second kappa shape index (κ2) is 11.6. The van der Waals surface area contributed by atoms with E-state index in [1.165, 1.54) is 5.56 Å². The molecule has 0 unspecified atom stereocenters. The molecule has 2 amide bonds. The Balaban J connectivity index is 1.84. The van der Waals surface area contributed by atoms with Crippen LogP contribution in [0.1, 0.15) is 52.4 Å². The first kappa shape index (κ1) is 24.5. The van der Waals surface area contributed by atoms with Crippen molar-refractivity contribution < 1.29 is 9.59 Å². The monoisotopic (exact) mass is 504 g/mol. The molecule has 0 saturated heterocycles. The number of carbonyl (C=O) groups is 2. The zero-order chi connectivity index (χ0) is 23.8. The van der Waals surface area contributed by atoms with E-state index in [2.05, 4.69) is 33.5 Å². The Morgan fingerprint density at radius 2 is 1.58 bits per heavy atom. The van der Waals surface area contributed by atoms with Crippen molar-refractivity contribution in [1.29, 1.82) is 0 Å². The molecular formula is C28H29BrN2O2. The van der Waals surface area contributed by atoms with Crippen LogP contribution in [-0.4, -0.2) is 11.8 Å². The number of hydrogen-bond donors (Lipinski definition) is 2. The third kappa shape index (κ3) is 7.16. The summed E-state index contributed by atoms with van der Waals surface area (Å²) in [5.41, 5.74) is 5.53. The molecule has 4 nitrogen and oxygen atoms in total. The zero-order valence-corrected chi connectivity index (χ0v) is 20.8. The molecule has 0 aromatic heterocycles. The lowest BCUT2D eigenvalue weighted by atomic mass is 10.1. The van der Waals surface area contributed by atoms with Crippen LogP contribution in [-0.2, 0) is 11.2 Å². The van der Waals surface area contributed by atoms with Crippen molar-refractivity contribution in [2.24, 2.45) is 0 Å². The van der Waals surface area contributed by atoms with E-state index in [0.717, 1.165) is 40.4 Å². The maximum Gasteiger partial charge on any atom is 0.272 e. The fraction of sp³-hybridized carbons (Fsp3) is 0.214. The minimum atomic E-state index is -0.395. The van der Waals surface area contributed by atoms with Crippen molar-refractivity contribution in [1.82, 2.24) is 5.32 Å². The van der Waals surface area contributed by atoms with Gasteiger partial charge in [-0.1, -0.05) is 61.4 Å². The van der Waals surface area contributed by atoms with Gasteiger partial charge in [0.25, 0.3) is 11.8 Å². The highest BCUT2D eigenvalue weighted by molar-refractivity contribution is 9.10. The second-order valence-corrected chi connectivity index (χ2v) is 9.02. The summed E-state index contributed by atoms with van der Waals surface area (Å²) in [7, 11) is 0. The van der Waals surface area contributed by atoms with Gasteiger partial charge in [0.1, 0.15) is 5.70 Å². The molecule has 3 rings (SSSR count). The quantitative estimate of drug-likeness (QED) is 0.330. The van der Waals surface area contributed by atoms with E-state index >= 15 is 0 Å². The molecule has 0 aliphatic carbocycles. The lowest BCUT2D eigenvalue weighted by molar-refractivity contribution is -0.113. The average Bonchev–Trinajstić information content (AvgIpc) is 2.80. The number of halogens is 1. The Bertz CT molecular complexity index is 1150. The Kier molecular flexibility index (Phi) is 8.61. The molecule has 0 atom stereocenters. The average molecular weight is 505 g/mol. The highest BCUT2D eigenvalue weighted by atomic mass is 79.9. The standard InChI is InChI=1S/C28H29BrN2O2/c1-4-5-6-21-12-14-23(15-13-21)27(32)31-26(18-22-10-7-19(2)8-11-22)28(33)30-25-16-9-20(3)17-24(25)29/h7-18H,4-6H2,1-3H3,(H,30,33)(H,31,32)/b26-18-. The molecule has 0 aliphatic heterocycles. The molecule has 0 aliphatic rings. The molecule has 3 aromatic carbocycles. The Hall–Kier alpha value is -3.18. The third-order valence-corrected chi connectivity index (χ3v) is 5.95. The van der Waals surface area contributed by atoms with E-state index in [0.29, 0.717) is 11.3 Å². The fourth-order valence-corrected chi connectivity index (χ4v) is 3.89. The van der Waals surface area contributed by atoms with Crippen molar-refractivity contribution in [2.45, 2.75) is 40.0 Å². The van der Waals surface area contributed by atoms with Crippen LogP contribution in [0.3, 0.4) is 0 Å². The molecule has 0 fully saturated rings. The fourth-order valence-electron chi connectivity index (χ4n) is 3.30. The summed E-state index contributed by atoms with van der Waals surface area (Å²) >= 11 is 3.49. The Labute approximate surface area is 204 Å². The highest BCUT2D eigenvalue weighted by Gasteiger charge is 2.16. The number of rotatable bonds is 8. The maximum atomic E-state index is 13.1. The van der Waals surface area contributed by atoms with E-state index in [1.54, 1.807) is 18.2 Å². The maximum absolute atomic E-state index is 13.1. The molecule has 0 radical (unpaired) electrons. The molecule has 0 bridgehead atoms. The van der Waals surface area contributed by atoms with Crippen molar-refractivity contribution in [2.75, 3.05) is 5.32 Å². The molecule has 0 saturated carbocycles. The predicted octanol–water partition coefficient (Wildman–Crippen LogP) is 6.82. The smallest absolute Gasteiger partial charge is 0.272 e. The first-order valence-corrected chi connectivity index (χ1v) is 11.9. The van der Waals surface area contributed by atoms with Gasteiger partial charge in [0.15, 0.2) is 0 Å². The minimum absolute atomic E-state index is 0.173. The van der Waals surface area contributed by atoms with Crippen molar-refractivity contribution in [3.8, 4) is 0 Å². The molecule has 5 heteroatoms. The highest BCUT2D eigenvalue weighted by Crippen LogP contribution is 2.24. The first-order valence-electron chi connectivity index (χ1n) is 11.1. The lowest BCUT2D eigenvalue weighted by Gasteiger charge is -2.13. The van der Waals surface area contributed by atoms with Crippen LogP contribution in [0.2, 0.25) is 0 Å². The van der Waals surface area contributed by atoms with Gasteiger partial charge in [0.05, 0.1) is 5.69 Å². The second-order valence-electron chi connectivity index (χ2n) is 8.16. The summed E-state index contributed by atoms with van der Waals surface area (Å²) in [6, 6.07) is 21.0. The van der Waals surface area contributed by atoms with Gasteiger partial charge in [-0.3, -0.25) is 9.59 Å². The molecular weight excluding hydrogens is 476 g/mol. The van der Waals surface area contributed by atoms with E-state index in [1.807, 2.05) is 68.4 Å². The van der Waals surface area contributed by atoms with Crippen LogP contribution in [0.4, 0.5) is 5.69 Å². The van der Waals surface area contributed by atoms with Crippen molar-refractivity contribution >= 4 is 39.5 Å². The van der Waals surface area contributed by atoms with E-state index in [4.69, 9.17) is 0 Å². The summed E-state index contributed by atoms with van der Waals surface area (Å²) in [6.45, 7) is 6.14.